The van der Waals surface area contributed by atoms with E-state index in [9.17, 15) is 0 Å². The molecule has 1 fully saturated rings. The van der Waals surface area contributed by atoms with E-state index in [1.165, 1.54) is 0 Å². The lowest BCUT2D eigenvalue weighted by Crippen LogP contribution is -2.53. The Hall–Kier alpha value is -0.0400. The molecule has 0 bridgehead atoms. The minimum atomic E-state index is 0.152. The van der Waals surface area contributed by atoms with Gasteiger partial charge in [-0.1, -0.05) is 6.92 Å². The fraction of sp³-hybridized carbons (Fsp3) is 1.00. The number of ether oxygens (including phenoxy) is 1. The van der Waals surface area contributed by atoms with Crippen molar-refractivity contribution in [2.75, 3.05) is 0 Å². The summed E-state index contributed by atoms with van der Waals surface area (Å²) in [6.45, 7) is 8.62. The molecule has 0 aromatic heterocycles. The third-order valence-corrected chi connectivity index (χ3v) is 2.29. The molecule has 2 unspecified atom stereocenters. The average molecular weight is 114 g/mol. The van der Waals surface area contributed by atoms with Crippen molar-refractivity contribution in [2.45, 2.75) is 39.4 Å². The molecule has 0 radical (unpaired) electrons. The van der Waals surface area contributed by atoms with Gasteiger partial charge in [-0.25, -0.2) is 0 Å². The van der Waals surface area contributed by atoms with E-state index in [1.807, 2.05) is 0 Å². The van der Waals surface area contributed by atoms with Crippen molar-refractivity contribution in [1.82, 2.24) is 0 Å². The first kappa shape index (κ1) is 6.09. The molecule has 8 heavy (non-hydrogen) atoms. The first-order chi connectivity index (χ1) is 3.54. The van der Waals surface area contributed by atoms with E-state index in [2.05, 4.69) is 27.7 Å². The van der Waals surface area contributed by atoms with Crippen LogP contribution < -0.4 is 0 Å². The first-order valence-corrected chi connectivity index (χ1v) is 3.22. The maximum absolute atomic E-state index is 5.44. The summed E-state index contributed by atoms with van der Waals surface area (Å²) in [5.41, 5.74) is 0.152. The molecule has 0 aromatic rings. The Balaban J connectivity index is 2.47. The van der Waals surface area contributed by atoms with Gasteiger partial charge in [0.05, 0.1) is 11.7 Å². The number of rotatable bonds is 0. The van der Waals surface area contributed by atoms with Gasteiger partial charge in [-0.05, 0) is 20.8 Å². The standard InChI is InChI=1S/C7H14O/c1-5-6(2)8-7(5,3)4/h5-6H,1-4H3. The molecule has 1 heteroatoms. The van der Waals surface area contributed by atoms with Gasteiger partial charge in [-0.3, -0.25) is 0 Å². The molecule has 1 rings (SSSR count). The predicted octanol–water partition coefficient (Wildman–Crippen LogP) is 1.82. The first-order valence-electron chi connectivity index (χ1n) is 3.22. The van der Waals surface area contributed by atoms with E-state index >= 15 is 0 Å². The quantitative estimate of drug-likeness (QED) is 0.466. The zero-order valence-electron chi connectivity index (χ0n) is 6.06. The monoisotopic (exact) mass is 114 g/mol. The third-order valence-electron chi connectivity index (χ3n) is 2.29. The van der Waals surface area contributed by atoms with Gasteiger partial charge in [0.15, 0.2) is 0 Å². The molecule has 48 valence electrons. The average Bonchev–Trinajstić information content (AvgIpc) is 1.65. The van der Waals surface area contributed by atoms with Gasteiger partial charge in [-0.15, -0.1) is 0 Å². The van der Waals surface area contributed by atoms with Crippen LogP contribution in [0.2, 0.25) is 0 Å². The minimum Gasteiger partial charge on any atom is -0.372 e. The predicted molar refractivity (Wildman–Crippen MR) is 33.8 cm³/mol. The maximum Gasteiger partial charge on any atom is 0.0680 e. The van der Waals surface area contributed by atoms with Crippen molar-refractivity contribution in [1.29, 1.82) is 0 Å². The smallest absolute Gasteiger partial charge is 0.0680 e. The summed E-state index contributed by atoms with van der Waals surface area (Å²) in [5.74, 6) is 0.725. The van der Waals surface area contributed by atoms with Crippen LogP contribution >= 0.6 is 0 Å². The van der Waals surface area contributed by atoms with Crippen molar-refractivity contribution >= 4 is 0 Å². The van der Waals surface area contributed by atoms with E-state index in [4.69, 9.17) is 4.74 Å². The zero-order chi connectivity index (χ0) is 6.36. The van der Waals surface area contributed by atoms with Crippen LogP contribution in [0.25, 0.3) is 0 Å². The van der Waals surface area contributed by atoms with E-state index in [1.54, 1.807) is 0 Å². The zero-order valence-corrected chi connectivity index (χ0v) is 6.06. The highest BCUT2D eigenvalue weighted by Crippen LogP contribution is 2.37. The molecule has 1 saturated heterocycles. The van der Waals surface area contributed by atoms with E-state index < -0.39 is 0 Å². The number of hydrogen-bond acceptors (Lipinski definition) is 1. The van der Waals surface area contributed by atoms with Gasteiger partial charge in [0, 0.05) is 5.92 Å². The third kappa shape index (κ3) is 0.655. The highest BCUT2D eigenvalue weighted by Gasteiger charge is 2.42. The van der Waals surface area contributed by atoms with Crippen LogP contribution in [0.3, 0.4) is 0 Å². The second kappa shape index (κ2) is 1.47. The van der Waals surface area contributed by atoms with Crippen LogP contribution in [0.15, 0.2) is 0 Å². The summed E-state index contributed by atoms with van der Waals surface area (Å²) in [7, 11) is 0. The summed E-state index contributed by atoms with van der Waals surface area (Å²) in [4.78, 5) is 0. The molecule has 0 N–H and O–H groups in total. The fourth-order valence-electron chi connectivity index (χ4n) is 1.18. The lowest BCUT2D eigenvalue weighted by Gasteiger charge is -2.48. The minimum absolute atomic E-state index is 0.152. The van der Waals surface area contributed by atoms with Crippen molar-refractivity contribution in [3.8, 4) is 0 Å². The Morgan fingerprint density at radius 1 is 1.25 bits per heavy atom. The van der Waals surface area contributed by atoms with Gasteiger partial charge in [-0.2, -0.15) is 0 Å². The van der Waals surface area contributed by atoms with Crippen molar-refractivity contribution < 1.29 is 4.74 Å². The molecule has 0 amide bonds. The van der Waals surface area contributed by atoms with Crippen LogP contribution in [0.5, 0.6) is 0 Å². The van der Waals surface area contributed by atoms with Crippen LogP contribution in [0, 0.1) is 5.92 Å². The van der Waals surface area contributed by atoms with Crippen molar-refractivity contribution in [3.63, 3.8) is 0 Å². The molecule has 0 saturated carbocycles. The molecular formula is C7H14O. The molecule has 2 atom stereocenters. The van der Waals surface area contributed by atoms with Gasteiger partial charge >= 0.3 is 0 Å². The van der Waals surface area contributed by atoms with Gasteiger partial charge in [0.1, 0.15) is 0 Å². The van der Waals surface area contributed by atoms with E-state index in [0.29, 0.717) is 6.10 Å². The van der Waals surface area contributed by atoms with E-state index in [-0.39, 0.29) is 5.60 Å². The summed E-state index contributed by atoms with van der Waals surface area (Å²) in [6, 6.07) is 0. The molecular weight excluding hydrogens is 100 g/mol. The highest BCUT2D eigenvalue weighted by atomic mass is 16.5. The molecule has 0 aromatic carbocycles. The van der Waals surface area contributed by atoms with Crippen LogP contribution in [-0.4, -0.2) is 11.7 Å². The maximum atomic E-state index is 5.44. The topological polar surface area (TPSA) is 9.23 Å². The van der Waals surface area contributed by atoms with Crippen molar-refractivity contribution in [3.05, 3.63) is 0 Å². The largest absolute Gasteiger partial charge is 0.372 e. The molecule has 1 aliphatic heterocycles. The SMILES string of the molecule is CC1OC(C)(C)C1C. The normalized spacial score (nSPS) is 43.5. The fourth-order valence-corrected chi connectivity index (χ4v) is 1.18. The van der Waals surface area contributed by atoms with Gasteiger partial charge < -0.3 is 4.74 Å². The Kier molecular flexibility index (Phi) is 1.12. The van der Waals surface area contributed by atoms with Crippen LogP contribution in [0.4, 0.5) is 0 Å². The Bertz CT molecular complexity index is 96.6. The van der Waals surface area contributed by atoms with Crippen LogP contribution in [-0.2, 0) is 4.74 Å². The Morgan fingerprint density at radius 3 is 1.75 bits per heavy atom. The molecule has 1 aliphatic rings. The lowest BCUT2D eigenvalue weighted by atomic mass is 9.82. The summed E-state index contributed by atoms with van der Waals surface area (Å²) in [6.07, 6.45) is 0.477. The molecule has 1 heterocycles. The molecule has 0 spiro atoms. The molecule has 0 aliphatic carbocycles. The Labute approximate surface area is 51.0 Å². The summed E-state index contributed by atoms with van der Waals surface area (Å²) >= 11 is 0. The molecule has 1 nitrogen and oxygen atoms in total. The lowest BCUT2D eigenvalue weighted by molar-refractivity contribution is -0.226. The van der Waals surface area contributed by atoms with Crippen LogP contribution in [0.1, 0.15) is 27.7 Å². The second-order valence-corrected chi connectivity index (χ2v) is 3.22. The van der Waals surface area contributed by atoms with Gasteiger partial charge in [0.25, 0.3) is 0 Å². The number of hydrogen-bond donors (Lipinski definition) is 0. The van der Waals surface area contributed by atoms with Crippen molar-refractivity contribution in [2.24, 2.45) is 5.92 Å². The highest BCUT2D eigenvalue weighted by molar-refractivity contribution is 4.90. The summed E-state index contributed by atoms with van der Waals surface area (Å²) in [5, 5.41) is 0. The van der Waals surface area contributed by atoms with Gasteiger partial charge in [0.2, 0.25) is 0 Å². The second-order valence-electron chi connectivity index (χ2n) is 3.22. The van der Waals surface area contributed by atoms with E-state index in [0.717, 1.165) is 5.92 Å². The Morgan fingerprint density at radius 2 is 1.75 bits per heavy atom. The summed E-state index contributed by atoms with van der Waals surface area (Å²) < 4.78 is 5.44.